The van der Waals surface area contributed by atoms with Crippen LogP contribution in [0.1, 0.15) is 50.0 Å². The summed E-state index contributed by atoms with van der Waals surface area (Å²) < 4.78 is 2.21. The van der Waals surface area contributed by atoms with Gasteiger partial charge in [0, 0.05) is 53.1 Å². The molecular formula is C24H29BrN4OS2. The fourth-order valence-electron chi connectivity index (χ4n) is 4.26. The summed E-state index contributed by atoms with van der Waals surface area (Å²) in [5, 5.41) is 8.65. The summed E-state index contributed by atoms with van der Waals surface area (Å²) in [7, 11) is 0. The summed E-state index contributed by atoms with van der Waals surface area (Å²) in [6.07, 6.45) is 5.23. The van der Waals surface area contributed by atoms with Crippen LogP contribution in [0.2, 0.25) is 0 Å². The van der Waals surface area contributed by atoms with E-state index in [4.69, 9.17) is 4.98 Å². The predicted molar refractivity (Wildman–Crippen MR) is 139 cm³/mol. The summed E-state index contributed by atoms with van der Waals surface area (Å²) >= 11 is 7.04. The van der Waals surface area contributed by atoms with Crippen LogP contribution < -0.4 is 10.6 Å². The number of rotatable bonds is 8. The van der Waals surface area contributed by atoms with Crippen LogP contribution in [0.3, 0.4) is 0 Å². The van der Waals surface area contributed by atoms with Gasteiger partial charge in [-0.15, -0.1) is 22.7 Å². The standard InChI is InChI=1S/C24H29BrN4OS2/c1-3-14(2)26-10-8-21(30)28-24-22(23-27-18-12-15(25)4-7-19(18)31-23)17-9-11-29(16-5-6-16)13-20(17)32-24/h4,7,12,14,16,26H,3,5-6,8-11,13H2,1-2H3,(H,28,30)/t14-/m0/s1. The highest BCUT2D eigenvalue weighted by Gasteiger charge is 2.34. The fraction of sp³-hybridized carbons (Fsp3) is 0.500. The van der Waals surface area contributed by atoms with Crippen LogP contribution >= 0.6 is 38.6 Å². The van der Waals surface area contributed by atoms with Crippen molar-refractivity contribution in [1.29, 1.82) is 0 Å². The van der Waals surface area contributed by atoms with E-state index >= 15 is 0 Å². The van der Waals surface area contributed by atoms with E-state index in [2.05, 4.69) is 63.5 Å². The Labute approximate surface area is 205 Å². The lowest BCUT2D eigenvalue weighted by molar-refractivity contribution is -0.116. The lowest BCUT2D eigenvalue weighted by atomic mass is 10.0. The number of fused-ring (bicyclic) bond motifs is 2. The lowest BCUT2D eigenvalue weighted by Crippen LogP contribution is -2.31. The second-order valence-corrected chi connectivity index (χ2v) is 11.9. The molecule has 1 aliphatic heterocycles. The van der Waals surface area contributed by atoms with Crippen LogP contribution in [-0.4, -0.2) is 41.0 Å². The van der Waals surface area contributed by atoms with Crippen molar-refractivity contribution in [2.24, 2.45) is 0 Å². The normalized spacial score (nSPS) is 17.5. The van der Waals surface area contributed by atoms with Crippen LogP contribution in [0, 0.1) is 0 Å². The minimum atomic E-state index is 0.0727. The van der Waals surface area contributed by atoms with Gasteiger partial charge in [-0.2, -0.15) is 0 Å². The van der Waals surface area contributed by atoms with E-state index in [0.717, 1.165) is 57.5 Å². The Bertz CT molecular complexity index is 1140. The molecule has 1 saturated carbocycles. The van der Waals surface area contributed by atoms with Crippen molar-refractivity contribution in [3.63, 3.8) is 0 Å². The van der Waals surface area contributed by atoms with E-state index in [0.29, 0.717) is 19.0 Å². The van der Waals surface area contributed by atoms with Crippen molar-refractivity contribution in [2.75, 3.05) is 18.4 Å². The van der Waals surface area contributed by atoms with Gasteiger partial charge in [-0.1, -0.05) is 22.9 Å². The van der Waals surface area contributed by atoms with E-state index < -0.39 is 0 Å². The number of benzene rings is 1. The number of amides is 1. The van der Waals surface area contributed by atoms with Gasteiger partial charge in [-0.05, 0) is 56.4 Å². The zero-order chi connectivity index (χ0) is 22.2. The zero-order valence-electron chi connectivity index (χ0n) is 18.5. The largest absolute Gasteiger partial charge is 0.317 e. The van der Waals surface area contributed by atoms with E-state index in [1.54, 1.807) is 22.7 Å². The van der Waals surface area contributed by atoms with Crippen molar-refractivity contribution >= 4 is 59.7 Å². The van der Waals surface area contributed by atoms with E-state index in [-0.39, 0.29) is 5.91 Å². The Balaban J connectivity index is 1.44. The Morgan fingerprint density at radius 1 is 1.34 bits per heavy atom. The summed E-state index contributed by atoms with van der Waals surface area (Å²) in [5.74, 6) is 0.0727. The molecule has 1 aromatic carbocycles. The average molecular weight is 534 g/mol. The van der Waals surface area contributed by atoms with Gasteiger partial charge in [0.2, 0.25) is 5.91 Å². The van der Waals surface area contributed by atoms with Crippen LogP contribution in [0.25, 0.3) is 20.8 Å². The van der Waals surface area contributed by atoms with Gasteiger partial charge < -0.3 is 10.6 Å². The van der Waals surface area contributed by atoms with Crippen molar-refractivity contribution in [1.82, 2.24) is 15.2 Å². The number of thiazole rings is 1. The minimum Gasteiger partial charge on any atom is -0.317 e. The van der Waals surface area contributed by atoms with Crippen LogP contribution in [0.5, 0.6) is 0 Å². The number of carbonyl (C=O) groups excluding carboxylic acids is 1. The molecule has 0 radical (unpaired) electrons. The van der Waals surface area contributed by atoms with Gasteiger partial charge in [-0.3, -0.25) is 9.69 Å². The molecule has 0 bridgehead atoms. The first-order valence-electron chi connectivity index (χ1n) is 11.5. The van der Waals surface area contributed by atoms with Crippen LogP contribution in [0.15, 0.2) is 22.7 Å². The Morgan fingerprint density at radius 2 is 2.19 bits per heavy atom. The maximum Gasteiger partial charge on any atom is 0.226 e. The SMILES string of the molecule is CC[C@H](C)NCCC(=O)Nc1sc2c(c1-c1nc3cc(Br)ccc3s1)CCN(C1CC1)C2. The molecule has 1 fully saturated rings. The highest BCUT2D eigenvalue weighted by Crippen LogP contribution is 2.47. The molecule has 32 heavy (non-hydrogen) atoms. The quantitative estimate of drug-likeness (QED) is 0.372. The highest BCUT2D eigenvalue weighted by atomic mass is 79.9. The van der Waals surface area contributed by atoms with Gasteiger partial charge in [0.15, 0.2) is 0 Å². The van der Waals surface area contributed by atoms with Crippen LogP contribution in [0.4, 0.5) is 5.00 Å². The Kier molecular flexibility index (Phi) is 6.67. The first-order valence-corrected chi connectivity index (χ1v) is 13.9. The zero-order valence-corrected chi connectivity index (χ0v) is 21.8. The van der Waals surface area contributed by atoms with Crippen molar-refractivity contribution in [2.45, 2.75) is 64.6 Å². The van der Waals surface area contributed by atoms with Gasteiger partial charge in [-0.25, -0.2) is 4.98 Å². The van der Waals surface area contributed by atoms with E-state index in [9.17, 15) is 4.79 Å². The first-order chi connectivity index (χ1) is 15.5. The van der Waals surface area contributed by atoms with Gasteiger partial charge >= 0.3 is 0 Å². The number of anilines is 1. The molecule has 0 saturated heterocycles. The molecule has 5 nitrogen and oxygen atoms in total. The second kappa shape index (κ2) is 9.50. The average Bonchev–Trinajstić information content (AvgIpc) is 3.45. The summed E-state index contributed by atoms with van der Waals surface area (Å²) in [4.78, 5) is 21.8. The topological polar surface area (TPSA) is 57.3 Å². The number of hydrogen-bond acceptors (Lipinski definition) is 6. The number of nitrogens with one attached hydrogen (secondary N) is 2. The molecule has 170 valence electrons. The summed E-state index contributed by atoms with van der Waals surface area (Å²) in [6.45, 7) is 7.11. The molecule has 3 aromatic rings. The number of aromatic nitrogens is 1. The number of halogens is 1. The number of nitrogens with zero attached hydrogens (tertiary/aromatic N) is 2. The maximum absolute atomic E-state index is 12.8. The monoisotopic (exact) mass is 532 g/mol. The molecule has 3 heterocycles. The Hall–Kier alpha value is -1.32. The molecule has 2 aliphatic rings. The molecule has 1 amide bonds. The third-order valence-corrected chi connectivity index (χ3v) is 9.10. The van der Waals surface area contributed by atoms with Gasteiger partial charge in [0.25, 0.3) is 0 Å². The molecule has 2 aromatic heterocycles. The molecular weight excluding hydrogens is 504 g/mol. The fourth-order valence-corrected chi connectivity index (χ4v) is 6.99. The molecule has 8 heteroatoms. The number of carbonyl (C=O) groups is 1. The van der Waals surface area contributed by atoms with Crippen molar-refractivity contribution < 1.29 is 4.79 Å². The molecule has 1 atom stereocenters. The summed E-state index contributed by atoms with van der Waals surface area (Å²) in [6, 6.07) is 7.45. The third-order valence-electron chi connectivity index (χ3n) is 6.42. The number of thiophene rings is 1. The van der Waals surface area contributed by atoms with Crippen molar-refractivity contribution in [3.05, 3.63) is 33.1 Å². The Morgan fingerprint density at radius 3 is 2.97 bits per heavy atom. The molecule has 5 rings (SSSR count). The minimum absolute atomic E-state index is 0.0727. The van der Waals surface area contributed by atoms with E-state index in [1.807, 2.05) is 0 Å². The van der Waals surface area contributed by atoms with E-state index in [1.165, 1.54) is 28.0 Å². The number of hydrogen-bond donors (Lipinski definition) is 2. The maximum atomic E-state index is 12.8. The third kappa shape index (κ3) is 4.80. The molecule has 1 aliphatic carbocycles. The van der Waals surface area contributed by atoms with Gasteiger partial charge in [0.1, 0.15) is 10.0 Å². The smallest absolute Gasteiger partial charge is 0.226 e. The second-order valence-electron chi connectivity index (χ2n) is 8.85. The summed E-state index contributed by atoms with van der Waals surface area (Å²) in [5.41, 5.74) is 3.55. The predicted octanol–water partition coefficient (Wildman–Crippen LogP) is 6.02. The first kappa shape index (κ1) is 22.5. The molecule has 2 N–H and O–H groups in total. The van der Waals surface area contributed by atoms with Crippen LogP contribution in [-0.2, 0) is 17.8 Å². The van der Waals surface area contributed by atoms with Crippen molar-refractivity contribution in [3.8, 4) is 10.6 Å². The molecule has 0 spiro atoms. The highest BCUT2D eigenvalue weighted by molar-refractivity contribution is 9.10. The molecule has 0 unspecified atom stereocenters. The van der Waals surface area contributed by atoms with Gasteiger partial charge in [0.05, 0.1) is 10.2 Å². The lowest BCUT2D eigenvalue weighted by Gasteiger charge is -2.26.